The number of aromatic nitrogens is 1. The lowest BCUT2D eigenvalue weighted by Gasteiger charge is -2.05. The molecule has 0 fully saturated rings. The molecule has 0 spiro atoms. The molecule has 0 aliphatic rings. The van der Waals surface area contributed by atoms with E-state index < -0.39 is 0 Å². The molecule has 0 amide bonds. The van der Waals surface area contributed by atoms with Crippen LogP contribution in [0.5, 0.6) is 0 Å². The lowest BCUT2D eigenvalue weighted by molar-refractivity contribution is 0.175. The molecule has 0 N–H and O–H groups in total. The maximum absolute atomic E-state index is 12.4. The second kappa shape index (κ2) is 5.55. The van der Waals surface area contributed by atoms with E-state index in [4.69, 9.17) is 9.25 Å². The third-order valence-corrected chi connectivity index (χ3v) is 3.14. The van der Waals surface area contributed by atoms with Gasteiger partial charge in [0.2, 0.25) is 0 Å². The zero-order valence-electron chi connectivity index (χ0n) is 10.1. The summed E-state index contributed by atoms with van der Waals surface area (Å²) in [5.41, 5.74) is 0.606. The monoisotopic (exact) mass is 360 g/mol. The van der Waals surface area contributed by atoms with Crippen molar-refractivity contribution in [1.29, 1.82) is 0 Å². The molecule has 1 aromatic carbocycles. The molecule has 0 unspecified atom stereocenters. The molecule has 0 aliphatic carbocycles. The molecule has 0 radical (unpaired) electrons. The van der Waals surface area contributed by atoms with Crippen molar-refractivity contribution in [3.63, 3.8) is 0 Å². The third kappa shape index (κ3) is 2.43. The predicted octanol–water partition coefficient (Wildman–Crippen LogP) is 2.07. The highest BCUT2D eigenvalue weighted by Gasteiger charge is 2.08. The second-order valence-electron chi connectivity index (χ2n) is 3.76. The fourth-order valence-electron chi connectivity index (χ4n) is 1.71. The average Bonchev–Trinajstić information content (AvgIpc) is 2.35. The van der Waals surface area contributed by atoms with Gasteiger partial charge in [-0.1, -0.05) is 6.92 Å². The van der Waals surface area contributed by atoms with E-state index in [9.17, 15) is 4.79 Å². The maximum Gasteiger partial charge on any atom is 0.339 e. The summed E-state index contributed by atoms with van der Waals surface area (Å²) in [6, 6.07) is 5.46. The maximum atomic E-state index is 12.4. The Labute approximate surface area is 117 Å². The van der Waals surface area contributed by atoms with E-state index in [1.54, 1.807) is 6.07 Å². The fourth-order valence-corrected chi connectivity index (χ4v) is 2.20. The largest absolute Gasteiger partial charge is 0.423 e. The Balaban J connectivity index is 2.86. The van der Waals surface area contributed by atoms with E-state index in [-0.39, 0.29) is 11.2 Å². The van der Waals surface area contributed by atoms with Gasteiger partial charge in [-0.25, -0.2) is 0 Å². The zero-order chi connectivity index (χ0) is 13.1. The van der Waals surface area contributed by atoms with Gasteiger partial charge >= 0.3 is 5.68 Å². The summed E-state index contributed by atoms with van der Waals surface area (Å²) < 4.78 is 8.07. The Bertz CT molecular complexity index is 688. The Morgan fingerprint density at radius 1 is 1.50 bits per heavy atom. The normalized spacial score (nSPS) is 12.1. The van der Waals surface area contributed by atoms with Crippen molar-refractivity contribution in [1.82, 2.24) is 4.57 Å². The second-order valence-corrected chi connectivity index (χ2v) is 5.00. The molecule has 18 heavy (non-hydrogen) atoms. The molecule has 0 saturated heterocycles. The van der Waals surface area contributed by atoms with Crippen LogP contribution in [0.25, 0.3) is 11.0 Å². The van der Waals surface area contributed by atoms with Crippen LogP contribution in [-0.2, 0) is 11.4 Å². The molecular weight excluding hydrogens is 347 g/mol. The Kier molecular flexibility index (Phi) is 4.05. The van der Waals surface area contributed by atoms with Crippen LogP contribution in [0.2, 0.25) is 0 Å². The van der Waals surface area contributed by atoms with E-state index in [1.807, 2.05) is 19.1 Å². The van der Waals surface area contributed by atoms with Gasteiger partial charge in [-0.15, -0.1) is 0 Å². The summed E-state index contributed by atoms with van der Waals surface area (Å²) >= 11 is 2.17. The van der Waals surface area contributed by atoms with Crippen molar-refractivity contribution in [2.45, 2.75) is 19.9 Å². The predicted molar refractivity (Wildman–Crippen MR) is 76.1 cm³/mol. The molecule has 0 atom stereocenters. The topological polar surface area (TPSA) is 56.7 Å². The van der Waals surface area contributed by atoms with Gasteiger partial charge in [0.1, 0.15) is 12.7 Å². The van der Waals surface area contributed by atoms with Crippen molar-refractivity contribution in [3.8, 4) is 0 Å². The van der Waals surface area contributed by atoms with E-state index in [0.717, 1.165) is 9.99 Å². The minimum absolute atomic E-state index is 0.104. The van der Waals surface area contributed by atoms with Gasteiger partial charge in [0, 0.05) is 10.1 Å². The highest BCUT2D eigenvalue weighted by Crippen LogP contribution is 2.12. The van der Waals surface area contributed by atoms with Gasteiger partial charge in [-0.05, 0) is 52.4 Å². The number of rotatable bonds is 3. The van der Waals surface area contributed by atoms with Gasteiger partial charge in [0.25, 0.3) is 5.56 Å². The van der Waals surface area contributed by atoms with Gasteiger partial charge in [-0.3, -0.25) is 9.36 Å². The van der Waals surface area contributed by atoms with E-state index in [1.165, 1.54) is 11.7 Å². The van der Waals surface area contributed by atoms with Crippen LogP contribution in [0.4, 0.5) is 0 Å². The fraction of sp³-hybridized carbons (Fsp3) is 0.333. The van der Waals surface area contributed by atoms with Crippen LogP contribution in [-0.4, -0.2) is 11.7 Å². The summed E-state index contributed by atoms with van der Waals surface area (Å²) in [5.74, 6) is 0. The number of nitrogens with zero attached hydrogens (tertiary/aromatic N) is 2. The van der Waals surface area contributed by atoms with Crippen LogP contribution in [0.15, 0.2) is 32.6 Å². The van der Waals surface area contributed by atoms with Crippen LogP contribution in [0, 0.1) is 3.57 Å². The Morgan fingerprint density at radius 3 is 2.94 bits per heavy atom. The van der Waals surface area contributed by atoms with Crippen molar-refractivity contribution in [2.24, 2.45) is 5.16 Å². The lowest BCUT2D eigenvalue weighted by Crippen LogP contribution is -2.33. The molecule has 0 bridgehead atoms. The van der Waals surface area contributed by atoms with Crippen LogP contribution >= 0.6 is 22.6 Å². The quantitative estimate of drug-likeness (QED) is 0.622. The molecule has 2 rings (SSSR count). The van der Waals surface area contributed by atoms with Gasteiger partial charge in [0.05, 0.1) is 5.39 Å². The van der Waals surface area contributed by atoms with Gasteiger partial charge in [0.15, 0.2) is 0 Å². The molecular formula is C12H13IN2O3. The van der Waals surface area contributed by atoms with Crippen LogP contribution in [0.3, 0.4) is 0 Å². The molecule has 96 valence electrons. The third-order valence-electron chi connectivity index (χ3n) is 2.47. The smallest absolute Gasteiger partial charge is 0.339 e. The Morgan fingerprint density at radius 2 is 2.28 bits per heavy atom. The molecule has 0 aliphatic heterocycles. The molecule has 2 aromatic rings. The highest BCUT2D eigenvalue weighted by atomic mass is 127. The van der Waals surface area contributed by atoms with E-state index in [2.05, 4.69) is 27.7 Å². The van der Waals surface area contributed by atoms with Crippen molar-refractivity contribution >= 4 is 33.6 Å². The van der Waals surface area contributed by atoms with E-state index >= 15 is 0 Å². The minimum Gasteiger partial charge on any atom is -0.423 e. The number of hydrogen-bond donors (Lipinski definition) is 0. The molecule has 6 heteroatoms. The van der Waals surface area contributed by atoms with Crippen LogP contribution in [0.1, 0.15) is 13.3 Å². The number of halogens is 1. The number of fused-ring (bicyclic) bond motifs is 1. The summed E-state index contributed by atoms with van der Waals surface area (Å²) in [6.45, 7) is 2.54. The molecule has 1 heterocycles. The van der Waals surface area contributed by atoms with E-state index in [0.29, 0.717) is 17.5 Å². The molecule has 1 aromatic heterocycles. The molecule has 5 nitrogen and oxygen atoms in total. The summed E-state index contributed by atoms with van der Waals surface area (Å²) in [7, 11) is 1.43. The highest BCUT2D eigenvalue weighted by molar-refractivity contribution is 14.1. The van der Waals surface area contributed by atoms with Crippen LogP contribution < -0.4 is 11.2 Å². The summed E-state index contributed by atoms with van der Waals surface area (Å²) in [6.07, 6.45) is 0.817. The summed E-state index contributed by atoms with van der Waals surface area (Å²) in [4.78, 5) is 17.1. The average molecular weight is 360 g/mol. The van der Waals surface area contributed by atoms with Crippen molar-refractivity contribution in [3.05, 3.63) is 37.8 Å². The van der Waals surface area contributed by atoms with Crippen molar-refractivity contribution in [2.75, 3.05) is 7.11 Å². The summed E-state index contributed by atoms with van der Waals surface area (Å²) in [5, 5.41) is 4.31. The first-order valence-corrected chi connectivity index (χ1v) is 6.65. The van der Waals surface area contributed by atoms with Gasteiger partial charge in [-0.2, -0.15) is 0 Å². The minimum atomic E-state index is -0.104. The standard InChI is InChI=1S/C12H13IN2O3/c1-3-6-15-11(16)9-7-8(13)4-5-10(9)18-12(15)14-17-2/h4-5,7H,3,6H2,1-2H3/b14-12-. The first-order valence-electron chi connectivity index (χ1n) is 5.57. The zero-order valence-corrected chi connectivity index (χ0v) is 12.3. The Hall–Kier alpha value is -1.31. The first-order chi connectivity index (χ1) is 8.67. The lowest BCUT2D eigenvalue weighted by atomic mass is 10.2. The van der Waals surface area contributed by atoms with Crippen molar-refractivity contribution < 1.29 is 9.25 Å². The first kappa shape index (κ1) is 13.1. The number of hydrogen-bond acceptors (Lipinski definition) is 4. The number of benzene rings is 1. The SMILES string of the molecule is CCCn1c(=O)c2cc(I)ccc2o/c1=N\OC. The molecule has 0 saturated carbocycles. The van der Waals surface area contributed by atoms with Gasteiger partial charge < -0.3 is 9.25 Å².